The van der Waals surface area contributed by atoms with Crippen LogP contribution in [-0.4, -0.2) is 29.4 Å². The second-order valence-electron chi connectivity index (χ2n) is 7.31. The highest BCUT2D eigenvalue weighted by molar-refractivity contribution is 6.21. The zero-order valence-corrected chi connectivity index (χ0v) is 17.3. The summed E-state index contributed by atoms with van der Waals surface area (Å²) < 4.78 is 5.80. The average Bonchev–Trinajstić information content (AvgIpc) is 3.05. The first-order valence-corrected chi connectivity index (χ1v) is 10.2. The summed E-state index contributed by atoms with van der Waals surface area (Å²) in [6.07, 6.45) is 2.00. The van der Waals surface area contributed by atoms with Crippen molar-refractivity contribution in [2.24, 2.45) is 0 Å². The van der Waals surface area contributed by atoms with E-state index in [0.717, 1.165) is 10.5 Å². The molecule has 0 saturated carbocycles. The monoisotopic (exact) mass is 423 g/mol. The molecule has 0 aliphatic carbocycles. The van der Waals surface area contributed by atoms with Gasteiger partial charge in [0.2, 0.25) is 0 Å². The van der Waals surface area contributed by atoms with Gasteiger partial charge in [0, 0.05) is 13.0 Å². The molecule has 0 spiro atoms. The minimum Gasteiger partial charge on any atom is -0.456 e. The summed E-state index contributed by atoms with van der Waals surface area (Å²) in [6.45, 7) is 3.97. The Bertz CT molecular complexity index is 1190. The van der Waals surface area contributed by atoms with E-state index in [2.05, 4.69) is 12.6 Å². The van der Waals surface area contributed by atoms with Crippen LogP contribution >= 0.6 is 0 Å². The summed E-state index contributed by atoms with van der Waals surface area (Å²) in [5.74, 6) is 0.608. The number of anilines is 1. The number of carbonyl (C=O) groups excluding carboxylic acids is 2. The van der Waals surface area contributed by atoms with Crippen molar-refractivity contribution in [3.8, 4) is 17.6 Å². The molecule has 6 heteroatoms. The number of ether oxygens (including phenoxy) is 1. The average molecular weight is 423 g/mol. The second-order valence-corrected chi connectivity index (χ2v) is 7.31. The predicted molar refractivity (Wildman–Crippen MR) is 121 cm³/mol. The van der Waals surface area contributed by atoms with Crippen LogP contribution < -0.4 is 9.64 Å². The van der Waals surface area contributed by atoms with Crippen LogP contribution in [0, 0.1) is 11.3 Å². The molecule has 3 aromatic carbocycles. The van der Waals surface area contributed by atoms with Gasteiger partial charge in [0.15, 0.2) is 0 Å². The number of imide groups is 1. The van der Waals surface area contributed by atoms with Gasteiger partial charge in [-0.15, -0.1) is 6.58 Å². The number of nitrogens with zero attached hydrogens (tertiary/aromatic N) is 3. The normalized spacial score (nSPS) is 15.5. The molecule has 1 atom stereocenters. The summed E-state index contributed by atoms with van der Waals surface area (Å²) in [7, 11) is 0. The molecule has 6 nitrogen and oxygen atoms in total. The maximum atomic E-state index is 13.3. The molecule has 1 fully saturated rings. The summed E-state index contributed by atoms with van der Waals surface area (Å²) in [5, 5.41) is 9.64. The first kappa shape index (κ1) is 20.9. The lowest BCUT2D eigenvalue weighted by molar-refractivity contribution is -0.119. The molecular weight excluding hydrogens is 402 g/mol. The molecule has 158 valence electrons. The molecule has 1 aliphatic heterocycles. The second kappa shape index (κ2) is 9.19. The van der Waals surface area contributed by atoms with Crippen LogP contribution in [0.25, 0.3) is 0 Å². The van der Waals surface area contributed by atoms with Crippen molar-refractivity contribution in [1.82, 2.24) is 4.90 Å². The minimum absolute atomic E-state index is 0.230. The van der Waals surface area contributed by atoms with Gasteiger partial charge >= 0.3 is 6.03 Å². The molecule has 4 rings (SSSR count). The van der Waals surface area contributed by atoms with Gasteiger partial charge in [-0.25, -0.2) is 9.69 Å². The van der Waals surface area contributed by atoms with E-state index in [9.17, 15) is 14.9 Å². The summed E-state index contributed by atoms with van der Waals surface area (Å²) in [4.78, 5) is 29.1. The van der Waals surface area contributed by atoms with Gasteiger partial charge < -0.3 is 9.64 Å². The van der Waals surface area contributed by atoms with E-state index in [4.69, 9.17) is 4.74 Å². The smallest absolute Gasteiger partial charge is 0.332 e. The lowest BCUT2D eigenvalue weighted by Gasteiger charge is -2.20. The van der Waals surface area contributed by atoms with Gasteiger partial charge in [0.1, 0.15) is 23.6 Å². The van der Waals surface area contributed by atoms with E-state index in [0.29, 0.717) is 23.6 Å². The maximum Gasteiger partial charge on any atom is 0.332 e. The fourth-order valence-electron chi connectivity index (χ4n) is 3.70. The van der Waals surface area contributed by atoms with Crippen LogP contribution in [0.1, 0.15) is 11.1 Å². The summed E-state index contributed by atoms with van der Waals surface area (Å²) in [6, 6.07) is 24.4. The molecule has 3 aromatic rings. The fourth-order valence-corrected chi connectivity index (χ4v) is 3.70. The Morgan fingerprint density at radius 3 is 2.34 bits per heavy atom. The number of hydrogen-bond donors (Lipinski definition) is 0. The van der Waals surface area contributed by atoms with E-state index < -0.39 is 12.1 Å². The lowest BCUT2D eigenvalue weighted by Crippen LogP contribution is -2.36. The van der Waals surface area contributed by atoms with Crippen molar-refractivity contribution in [3.05, 3.63) is 103 Å². The van der Waals surface area contributed by atoms with Crippen molar-refractivity contribution in [3.63, 3.8) is 0 Å². The Hall–Kier alpha value is -4.37. The zero-order valence-electron chi connectivity index (χ0n) is 17.3. The topological polar surface area (TPSA) is 73.6 Å². The van der Waals surface area contributed by atoms with Gasteiger partial charge in [0.05, 0.1) is 11.3 Å². The Balaban J connectivity index is 1.64. The Labute approximate surface area is 186 Å². The van der Waals surface area contributed by atoms with Crippen molar-refractivity contribution < 1.29 is 14.3 Å². The standard InChI is InChI=1S/C26H21N3O3/c1-2-15-28-23(16-19-9-5-3-6-10-19)25(30)29(26(28)31)21-13-14-24(20(17-21)18-27)32-22-11-7-4-8-12-22/h2-14,17,23H,1,15-16H2. The van der Waals surface area contributed by atoms with Crippen LogP contribution in [0.15, 0.2) is 91.5 Å². The van der Waals surface area contributed by atoms with E-state index in [1.54, 1.807) is 30.3 Å². The Morgan fingerprint density at radius 1 is 1.00 bits per heavy atom. The SMILES string of the molecule is C=CCN1C(=O)N(c2ccc(Oc3ccccc3)c(C#N)c2)C(=O)C1Cc1ccccc1. The molecule has 0 radical (unpaired) electrons. The number of para-hydroxylation sites is 1. The number of amides is 3. The van der Waals surface area contributed by atoms with E-state index >= 15 is 0 Å². The fraction of sp³-hybridized carbons (Fsp3) is 0.115. The van der Waals surface area contributed by atoms with Crippen LogP contribution in [-0.2, 0) is 11.2 Å². The Morgan fingerprint density at radius 2 is 1.69 bits per heavy atom. The molecule has 1 heterocycles. The maximum absolute atomic E-state index is 13.3. The van der Waals surface area contributed by atoms with Crippen LogP contribution in [0.2, 0.25) is 0 Å². The number of hydrogen-bond acceptors (Lipinski definition) is 4. The molecule has 1 aliphatic rings. The number of nitriles is 1. The lowest BCUT2D eigenvalue weighted by atomic mass is 10.0. The van der Waals surface area contributed by atoms with Crippen LogP contribution in [0.5, 0.6) is 11.5 Å². The summed E-state index contributed by atoms with van der Waals surface area (Å²) >= 11 is 0. The number of benzene rings is 3. The highest BCUT2D eigenvalue weighted by Gasteiger charge is 2.45. The third kappa shape index (κ3) is 4.09. The molecule has 1 saturated heterocycles. The zero-order chi connectivity index (χ0) is 22.5. The quantitative estimate of drug-likeness (QED) is 0.400. The van der Waals surface area contributed by atoms with Crippen LogP contribution in [0.3, 0.4) is 0 Å². The van der Waals surface area contributed by atoms with Crippen LogP contribution in [0.4, 0.5) is 10.5 Å². The first-order valence-electron chi connectivity index (χ1n) is 10.2. The number of rotatable bonds is 7. The van der Waals surface area contributed by atoms with Gasteiger partial charge in [0.25, 0.3) is 5.91 Å². The first-order chi connectivity index (χ1) is 15.6. The molecule has 0 aromatic heterocycles. The molecule has 32 heavy (non-hydrogen) atoms. The van der Waals surface area contributed by atoms with Crippen molar-refractivity contribution >= 4 is 17.6 Å². The van der Waals surface area contributed by atoms with Gasteiger partial charge in [-0.1, -0.05) is 54.6 Å². The van der Waals surface area contributed by atoms with Crippen molar-refractivity contribution in [2.45, 2.75) is 12.5 Å². The molecular formula is C26H21N3O3. The van der Waals surface area contributed by atoms with Gasteiger partial charge in [-0.05, 0) is 35.9 Å². The number of urea groups is 1. The van der Waals surface area contributed by atoms with Gasteiger partial charge in [-0.3, -0.25) is 4.79 Å². The largest absolute Gasteiger partial charge is 0.456 e. The highest BCUT2D eigenvalue weighted by atomic mass is 16.5. The predicted octanol–water partition coefficient (Wildman–Crippen LogP) is 4.92. The molecule has 0 bridgehead atoms. The third-order valence-corrected chi connectivity index (χ3v) is 5.23. The highest BCUT2D eigenvalue weighted by Crippen LogP contribution is 2.32. The minimum atomic E-state index is -0.645. The molecule has 3 amide bonds. The summed E-state index contributed by atoms with van der Waals surface area (Å²) in [5.41, 5.74) is 1.52. The van der Waals surface area contributed by atoms with Crippen molar-refractivity contribution in [2.75, 3.05) is 11.4 Å². The van der Waals surface area contributed by atoms with E-state index in [1.807, 2.05) is 48.5 Å². The van der Waals surface area contributed by atoms with Gasteiger partial charge in [-0.2, -0.15) is 5.26 Å². The number of carbonyl (C=O) groups is 2. The molecule has 0 N–H and O–H groups in total. The molecule has 1 unspecified atom stereocenters. The van der Waals surface area contributed by atoms with E-state index in [-0.39, 0.29) is 18.0 Å². The third-order valence-electron chi connectivity index (χ3n) is 5.23. The van der Waals surface area contributed by atoms with Crippen molar-refractivity contribution in [1.29, 1.82) is 5.26 Å². The Kier molecular flexibility index (Phi) is 6.00. The van der Waals surface area contributed by atoms with E-state index in [1.165, 1.54) is 11.0 Å².